The van der Waals surface area contributed by atoms with Crippen LogP contribution in [0.15, 0.2) is 24.3 Å². The van der Waals surface area contributed by atoms with E-state index < -0.39 is 0 Å². The van der Waals surface area contributed by atoms with Crippen molar-refractivity contribution in [2.45, 2.75) is 33.3 Å². The van der Waals surface area contributed by atoms with Crippen LogP contribution in [-0.2, 0) is 9.53 Å². The summed E-state index contributed by atoms with van der Waals surface area (Å²) in [5, 5.41) is 0. The van der Waals surface area contributed by atoms with Gasteiger partial charge in [-0.1, -0.05) is 36.8 Å². The van der Waals surface area contributed by atoms with E-state index in [1.807, 2.05) is 38.1 Å². The lowest BCUT2D eigenvalue weighted by molar-refractivity contribution is -0.146. The molecule has 0 aliphatic carbocycles. The van der Waals surface area contributed by atoms with Crippen LogP contribution < -0.4 is 0 Å². The van der Waals surface area contributed by atoms with Gasteiger partial charge >= 0.3 is 5.97 Å². The van der Waals surface area contributed by atoms with E-state index in [1.54, 1.807) is 0 Å². The number of carbonyl (C=O) groups is 1. The van der Waals surface area contributed by atoms with Crippen molar-refractivity contribution >= 4 is 5.97 Å². The Morgan fingerprint density at radius 1 is 1.36 bits per heavy atom. The molecular formula is C12H16O2. The number of esters is 1. The van der Waals surface area contributed by atoms with Crippen molar-refractivity contribution in [2.24, 2.45) is 0 Å². The first-order valence-corrected chi connectivity index (χ1v) is 4.87. The van der Waals surface area contributed by atoms with Gasteiger partial charge in [0.2, 0.25) is 0 Å². The summed E-state index contributed by atoms with van der Waals surface area (Å²) in [7, 11) is 0. The Morgan fingerprint density at radius 3 is 2.36 bits per heavy atom. The monoisotopic (exact) mass is 192 g/mol. The van der Waals surface area contributed by atoms with Crippen molar-refractivity contribution in [1.82, 2.24) is 0 Å². The van der Waals surface area contributed by atoms with Crippen LogP contribution in [0.1, 0.15) is 37.5 Å². The van der Waals surface area contributed by atoms with E-state index in [1.165, 1.54) is 12.5 Å². The molecule has 0 saturated carbocycles. The molecule has 76 valence electrons. The molecule has 0 aliphatic heterocycles. The molecule has 0 spiro atoms. The van der Waals surface area contributed by atoms with Crippen molar-refractivity contribution in [1.29, 1.82) is 0 Å². The average Bonchev–Trinajstić information content (AvgIpc) is 2.15. The average molecular weight is 192 g/mol. The van der Waals surface area contributed by atoms with Crippen LogP contribution in [0, 0.1) is 6.92 Å². The SMILES string of the molecule is CC[C@H](OC(C)=O)c1ccc(C)cc1. The van der Waals surface area contributed by atoms with E-state index in [2.05, 4.69) is 0 Å². The van der Waals surface area contributed by atoms with Crippen molar-refractivity contribution in [3.05, 3.63) is 35.4 Å². The number of ether oxygens (including phenoxy) is 1. The summed E-state index contributed by atoms with van der Waals surface area (Å²) < 4.78 is 5.19. The Labute approximate surface area is 84.9 Å². The van der Waals surface area contributed by atoms with Gasteiger partial charge < -0.3 is 4.74 Å². The number of benzene rings is 1. The fourth-order valence-electron chi connectivity index (χ4n) is 1.37. The first kappa shape index (κ1) is 10.8. The minimum absolute atomic E-state index is 0.104. The molecule has 0 N–H and O–H groups in total. The predicted octanol–water partition coefficient (Wildman–Crippen LogP) is 3.01. The van der Waals surface area contributed by atoms with E-state index >= 15 is 0 Å². The molecule has 0 fully saturated rings. The highest BCUT2D eigenvalue weighted by molar-refractivity contribution is 5.66. The largest absolute Gasteiger partial charge is 0.458 e. The van der Waals surface area contributed by atoms with Crippen molar-refractivity contribution in [3.63, 3.8) is 0 Å². The Hall–Kier alpha value is -1.31. The zero-order valence-corrected chi connectivity index (χ0v) is 8.91. The highest BCUT2D eigenvalue weighted by atomic mass is 16.5. The fraction of sp³-hybridized carbons (Fsp3) is 0.417. The van der Waals surface area contributed by atoms with Crippen LogP contribution in [0.5, 0.6) is 0 Å². The van der Waals surface area contributed by atoms with Crippen LogP contribution >= 0.6 is 0 Å². The lowest BCUT2D eigenvalue weighted by Crippen LogP contribution is -2.07. The number of aryl methyl sites for hydroxylation is 1. The number of rotatable bonds is 3. The Bertz CT molecular complexity index is 301. The fourth-order valence-corrected chi connectivity index (χ4v) is 1.37. The minimum Gasteiger partial charge on any atom is -0.458 e. The molecule has 0 saturated heterocycles. The van der Waals surface area contributed by atoms with Gasteiger partial charge in [0.25, 0.3) is 0 Å². The minimum atomic E-state index is -0.225. The molecule has 0 heterocycles. The molecule has 1 atom stereocenters. The summed E-state index contributed by atoms with van der Waals surface area (Å²) >= 11 is 0. The second-order valence-corrected chi connectivity index (χ2v) is 3.42. The van der Waals surface area contributed by atoms with Gasteiger partial charge in [-0.15, -0.1) is 0 Å². The second-order valence-electron chi connectivity index (χ2n) is 3.42. The van der Waals surface area contributed by atoms with E-state index in [9.17, 15) is 4.79 Å². The van der Waals surface area contributed by atoms with Gasteiger partial charge in [0.05, 0.1) is 0 Å². The summed E-state index contributed by atoms with van der Waals surface area (Å²) in [4.78, 5) is 10.8. The Kier molecular flexibility index (Phi) is 3.69. The van der Waals surface area contributed by atoms with Gasteiger partial charge in [0.15, 0.2) is 0 Å². The van der Waals surface area contributed by atoms with Crippen LogP contribution in [0.4, 0.5) is 0 Å². The van der Waals surface area contributed by atoms with Crippen molar-refractivity contribution < 1.29 is 9.53 Å². The molecule has 0 bridgehead atoms. The zero-order chi connectivity index (χ0) is 10.6. The molecule has 0 radical (unpaired) electrons. The van der Waals surface area contributed by atoms with Gasteiger partial charge in [0.1, 0.15) is 6.10 Å². The third-order valence-corrected chi connectivity index (χ3v) is 2.13. The molecule has 0 aliphatic rings. The molecule has 0 unspecified atom stereocenters. The predicted molar refractivity (Wildman–Crippen MR) is 56.0 cm³/mol. The molecular weight excluding hydrogens is 176 g/mol. The van der Waals surface area contributed by atoms with E-state index in [0.29, 0.717) is 0 Å². The maximum atomic E-state index is 10.8. The first-order valence-electron chi connectivity index (χ1n) is 4.87. The van der Waals surface area contributed by atoms with E-state index in [4.69, 9.17) is 4.74 Å². The van der Waals surface area contributed by atoms with Gasteiger partial charge in [-0.05, 0) is 18.9 Å². The maximum Gasteiger partial charge on any atom is 0.303 e. The van der Waals surface area contributed by atoms with Gasteiger partial charge in [-0.3, -0.25) is 4.79 Å². The topological polar surface area (TPSA) is 26.3 Å². The smallest absolute Gasteiger partial charge is 0.303 e. The van der Waals surface area contributed by atoms with Crippen LogP contribution in [0.25, 0.3) is 0 Å². The van der Waals surface area contributed by atoms with Gasteiger partial charge in [-0.25, -0.2) is 0 Å². The lowest BCUT2D eigenvalue weighted by Gasteiger charge is -2.15. The Balaban J connectivity index is 2.78. The van der Waals surface area contributed by atoms with Crippen LogP contribution in [0.2, 0.25) is 0 Å². The third kappa shape index (κ3) is 2.87. The number of carbonyl (C=O) groups excluding carboxylic acids is 1. The molecule has 0 amide bonds. The molecule has 1 aromatic rings. The second kappa shape index (κ2) is 4.80. The van der Waals surface area contributed by atoms with Crippen LogP contribution in [0.3, 0.4) is 0 Å². The maximum absolute atomic E-state index is 10.8. The molecule has 0 aromatic heterocycles. The number of hydrogen-bond acceptors (Lipinski definition) is 2. The third-order valence-electron chi connectivity index (χ3n) is 2.13. The molecule has 14 heavy (non-hydrogen) atoms. The highest BCUT2D eigenvalue weighted by Crippen LogP contribution is 2.21. The number of hydrogen-bond donors (Lipinski definition) is 0. The summed E-state index contributed by atoms with van der Waals surface area (Å²) in [6.07, 6.45) is 0.705. The molecule has 1 rings (SSSR count). The quantitative estimate of drug-likeness (QED) is 0.688. The first-order chi connectivity index (χ1) is 6.63. The van der Waals surface area contributed by atoms with E-state index in [0.717, 1.165) is 12.0 Å². The highest BCUT2D eigenvalue weighted by Gasteiger charge is 2.11. The van der Waals surface area contributed by atoms with E-state index in [-0.39, 0.29) is 12.1 Å². The standard InChI is InChI=1S/C12H16O2/c1-4-12(14-10(3)13)11-7-5-9(2)6-8-11/h5-8,12H,4H2,1-3H3/t12-/m0/s1. The summed E-state index contributed by atoms with van der Waals surface area (Å²) in [5.41, 5.74) is 2.28. The van der Waals surface area contributed by atoms with Gasteiger partial charge in [-0.2, -0.15) is 0 Å². The van der Waals surface area contributed by atoms with Crippen LogP contribution in [-0.4, -0.2) is 5.97 Å². The summed E-state index contributed by atoms with van der Waals surface area (Å²) in [5.74, 6) is -0.225. The molecule has 2 heteroatoms. The van der Waals surface area contributed by atoms with Gasteiger partial charge in [0, 0.05) is 6.92 Å². The normalized spacial score (nSPS) is 12.2. The molecule has 1 aromatic carbocycles. The summed E-state index contributed by atoms with van der Waals surface area (Å²) in [6.45, 7) is 5.49. The summed E-state index contributed by atoms with van der Waals surface area (Å²) in [6, 6.07) is 8.07. The lowest BCUT2D eigenvalue weighted by atomic mass is 10.1. The zero-order valence-electron chi connectivity index (χ0n) is 8.91. The molecule has 2 nitrogen and oxygen atoms in total. The van der Waals surface area contributed by atoms with Crippen molar-refractivity contribution in [3.8, 4) is 0 Å². The van der Waals surface area contributed by atoms with Crippen molar-refractivity contribution in [2.75, 3.05) is 0 Å². The Morgan fingerprint density at radius 2 is 1.93 bits per heavy atom.